The number of ether oxygens (including phenoxy) is 3. The van der Waals surface area contributed by atoms with Crippen molar-refractivity contribution < 1.29 is 14.2 Å². The first kappa shape index (κ1) is 15.0. The van der Waals surface area contributed by atoms with Crippen molar-refractivity contribution in [2.75, 3.05) is 20.8 Å². The van der Waals surface area contributed by atoms with Crippen molar-refractivity contribution in [2.45, 2.75) is 44.8 Å². The summed E-state index contributed by atoms with van der Waals surface area (Å²) in [5, 5.41) is 3.52. The van der Waals surface area contributed by atoms with Crippen LogP contribution in [0, 0.1) is 0 Å². The van der Waals surface area contributed by atoms with Crippen molar-refractivity contribution in [2.24, 2.45) is 0 Å². The number of benzene rings is 1. The molecule has 2 unspecified atom stereocenters. The summed E-state index contributed by atoms with van der Waals surface area (Å²) >= 11 is 0. The highest BCUT2D eigenvalue weighted by atomic mass is 16.5. The lowest BCUT2D eigenvalue weighted by molar-refractivity contribution is 0.114. The molecule has 0 heterocycles. The molecule has 1 aromatic rings. The fourth-order valence-corrected chi connectivity index (χ4v) is 2.76. The standard InChI is InChI=1S/C16H25NO3/c1-4-17-15-7-5-6-8-16(15)20-14-10-12(18-2)9-13(11-14)19-3/h9-11,15-17H,4-8H2,1-3H3. The fraction of sp³-hybridized carbons (Fsp3) is 0.625. The summed E-state index contributed by atoms with van der Waals surface area (Å²) in [5.41, 5.74) is 0. The van der Waals surface area contributed by atoms with Crippen LogP contribution in [-0.4, -0.2) is 32.9 Å². The van der Waals surface area contributed by atoms with E-state index in [4.69, 9.17) is 14.2 Å². The molecule has 4 nitrogen and oxygen atoms in total. The van der Waals surface area contributed by atoms with Crippen LogP contribution in [0.5, 0.6) is 17.2 Å². The lowest BCUT2D eigenvalue weighted by atomic mass is 9.92. The van der Waals surface area contributed by atoms with Crippen molar-refractivity contribution in [1.82, 2.24) is 5.32 Å². The maximum absolute atomic E-state index is 6.18. The number of methoxy groups -OCH3 is 2. The average Bonchev–Trinajstić information content (AvgIpc) is 2.49. The molecule has 1 fully saturated rings. The largest absolute Gasteiger partial charge is 0.496 e. The third-order valence-electron chi connectivity index (χ3n) is 3.78. The lowest BCUT2D eigenvalue weighted by Crippen LogP contribution is -2.45. The molecule has 0 aliphatic heterocycles. The minimum absolute atomic E-state index is 0.223. The summed E-state index contributed by atoms with van der Waals surface area (Å²) in [6.45, 7) is 3.12. The Labute approximate surface area is 121 Å². The van der Waals surface area contributed by atoms with Crippen LogP contribution in [0.15, 0.2) is 18.2 Å². The van der Waals surface area contributed by atoms with E-state index < -0.39 is 0 Å². The highest BCUT2D eigenvalue weighted by molar-refractivity contribution is 5.42. The third-order valence-corrected chi connectivity index (χ3v) is 3.78. The molecule has 1 aliphatic rings. The van der Waals surface area contributed by atoms with Gasteiger partial charge in [0, 0.05) is 24.2 Å². The Hall–Kier alpha value is -1.42. The van der Waals surface area contributed by atoms with Gasteiger partial charge in [0.2, 0.25) is 0 Å². The summed E-state index contributed by atoms with van der Waals surface area (Å²) < 4.78 is 16.8. The maximum atomic E-state index is 6.18. The van der Waals surface area contributed by atoms with Gasteiger partial charge in [0.25, 0.3) is 0 Å². The van der Waals surface area contributed by atoms with E-state index in [1.165, 1.54) is 19.3 Å². The minimum atomic E-state index is 0.223. The van der Waals surface area contributed by atoms with Gasteiger partial charge in [0.05, 0.1) is 14.2 Å². The van der Waals surface area contributed by atoms with Crippen LogP contribution < -0.4 is 19.5 Å². The van der Waals surface area contributed by atoms with E-state index in [0.717, 1.165) is 30.2 Å². The molecule has 2 rings (SSSR count). The van der Waals surface area contributed by atoms with Crippen LogP contribution in [0.4, 0.5) is 0 Å². The Bertz CT molecular complexity index is 398. The van der Waals surface area contributed by atoms with Crippen molar-refractivity contribution >= 4 is 0 Å². The monoisotopic (exact) mass is 279 g/mol. The first-order valence-corrected chi connectivity index (χ1v) is 7.40. The van der Waals surface area contributed by atoms with E-state index in [-0.39, 0.29) is 6.10 Å². The van der Waals surface area contributed by atoms with Gasteiger partial charge in [0.15, 0.2) is 0 Å². The van der Waals surface area contributed by atoms with Gasteiger partial charge in [0.1, 0.15) is 23.4 Å². The Balaban J connectivity index is 2.10. The Morgan fingerprint density at radius 3 is 2.20 bits per heavy atom. The fourth-order valence-electron chi connectivity index (χ4n) is 2.76. The molecule has 1 aliphatic carbocycles. The second-order valence-corrected chi connectivity index (χ2v) is 5.15. The molecule has 0 spiro atoms. The van der Waals surface area contributed by atoms with Gasteiger partial charge in [-0.05, 0) is 25.8 Å². The van der Waals surface area contributed by atoms with Gasteiger partial charge < -0.3 is 19.5 Å². The second kappa shape index (κ2) is 7.39. The Kier molecular flexibility index (Phi) is 5.53. The van der Waals surface area contributed by atoms with Crippen molar-refractivity contribution in [3.63, 3.8) is 0 Å². The number of hydrogen-bond donors (Lipinski definition) is 1. The Morgan fingerprint density at radius 1 is 1.00 bits per heavy atom. The quantitative estimate of drug-likeness (QED) is 0.869. The first-order chi connectivity index (χ1) is 9.76. The molecule has 0 radical (unpaired) electrons. The summed E-state index contributed by atoms with van der Waals surface area (Å²) in [7, 11) is 3.31. The van der Waals surface area contributed by atoms with E-state index in [2.05, 4.69) is 12.2 Å². The van der Waals surface area contributed by atoms with Crippen LogP contribution >= 0.6 is 0 Å². The molecular weight excluding hydrogens is 254 g/mol. The summed E-state index contributed by atoms with van der Waals surface area (Å²) in [5.74, 6) is 2.33. The van der Waals surface area contributed by atoms with Crippen LogP contribution in [-0.2, 0) is 0 Å². The third kappa shape index (κ3) is 3.79. The summed E-state index contributed by atoms with van der Waals surface area (Å²) in [4.78, 5) is 0. The van der Waals surface area contributed by atoms with E-state index in [0.29, 0.717) is 6.04 Å². The van der Waals surface area contributed by atoms with Gasteiger partial charge in [-0.15, -0.1) is 0 Å². The zero-order valence-corrected chi connectivity index (χ0v) is 12.6. The molecule has 1 N–H and O–H groups in total. The SMILES string of the molecule is CCNC1CCCCC1Oc1cc(OC)cc(OC)c1. The van der Waals surface area contributed by atoms with Crippen molar-refractivity contribution in [3.8, 4) is 17.2 Å². The van der Waals surface area contributed by atoms with Crippen molar-refractivity contribution in [3.05, 3.63) is 18.2 Å². The lowest BCUT2D eigenvalue weighted by Gasteiger charge is -2.32. The van der Waals surface area contributed by atoms with Gasteiger partial charge >= 0.3 is 0 Å². The van der Waals surface area contributed by atoms with Gasteiger partial charge in [-0.1, -0.05) is 13.3 Å². The van der Waals surface area contributed by atoms with E-state index in [9.17, 15) is 0 Å². The molecule has 4 heteroatoms. The maximum Gasteiger partial charge on any atom is 0.127 e. The first-order valence-electron chi connectivity index (χ1n) is 7.40. The predicted molar refractivity (Wildman–Crippen MR) is 79.9 cm³/mol. The molecule has 20 heavy (non-hydrogen) atoms. The molecule has 1 aromatic carbocycles. The normalized spacial score (nSPS) is 22.4. The number of rotatable bonds is 6. The molecule has 2 atom stereocenters. The predicted octanol–water partition coefficient (Wildman–Crippen LogP) is 3.00. The molecular formula is C16H25NO3. The summed E-state index contributed by atoms with van der Waals surface area (Å²) in [6.07, 6.45) is 5.00. The molecule has 0 saturated heterocycles. The van der Waals surface area contributed by atoms with E-state index in [1.807, 2.05) is 18.2 Å². The molecule has 0 bridgehead atoms. The van der Waals surface area contributed by atoms with Crippen LogP contribution in [0.1, 0.15) is 32.6 Å². The number of likely N-dealkylation sites (N-methyl/N-ethyl adjacent to an activating group) is 1. The minimum Gasteiger partial charge on any atom is -0.496 e. The summed E-state index contributed by atoms with van der Waals surface area (Å²) in [6, 6.07) is 6.13. The van der Waals surface area contributed by atoms with E-state index in [1.54, 1.807) is 14.2 Å². The van der Waals surface area contributed by atoms with Crippen LogP contribution in [0.3, 0.4) is 0 Å². The number of hydrogen-bond acceptors (Lipinski definition) is 4. The average molecular weight is 279 g/mol. The van der Waals surface area contributed by atoms with Crippen LogP contribution in [0.25, 0.3) is 0 Å². The van der Waals surface area contributed by atoms with Crippen LogP contribution in [0.2, 0.25) is 0 Å². The smallest absolute Gasteiger partial charge is 0.127 e. The van der Waals surface area contributed by atoms with Gasteiger partial charge in [-0.3, -0.25) is 0 Å². The zero-order chi connectivity index (χ0) is 14.4. The number of nitrogens with one attached hydrogen (secondary N) is 1. The van der Waals surface area contributed by atoms with Crippen molar-refractivity contribution in [1.29, 1.82) is 0 Å². The molecule has 0 aromatic heterocycles. The highest BCUT2D eigenvalue weighted by Crippen LogP contribution is 2.30. The van der Waals surface area contributed by atoms with Gasteiger partial charge in [-0.2, -0.15) is 0 Å². The highest BCUT2D eigenvalue weighted by Gasteiger charge is 2.26. The topological polar surface area (TPSA) is 39.7 Å². The Morgan fingerprint density at radius 2 is 1.60 bits per heavy atom. The van der Waals surface area contributed by atoms with Gasteiger partial charge in [-0.25, -0.2) is 0 Å². The zero-order valence-electron chi connectivity index (χ0n) is 12.6. The second-order valence-electron chi connectivity index (χ2n) is 5.15. The molecule has 1 saturated carbocycles. The molecule has 112 valence electrons. The van der Waals surface area contributed by atoms with E-state index >= 15 is 0 Å². The molecule has 0 amide bonds.